The molecule has 0 spiro atoms. The zero-order valence-electron chi connectivity index (χ0n) is 17.1. The third-order valence-electron chi connectivity index (χ3n) is 4.34. The van der Waals surface area contributed by atoms with E-state index < -0.39 is 76.0 Å². The first-order valence-electron chi connectivity index (χ1n) is 9.12. The number of urea groups is 1. The summed E-state index contributed by atoms with van der Waals surface area (Å²) in [4.78, 5) is 40.4. The van der Waals surface area contributed by atoms with Crippen molar-refractivity contribution in [1.29, 1.82) is 0 Å². The molecule has 34 heavy (non-hydrogen) atoms. The minimum absolute atomic E-state index is 0. The minimum atomic E-state index is -1.35. The Hall–Kier alpha value is -3.22. The Balaban J connectivity index is 0.00000408. The first-order valence-corrected chi connectivity index (χ1v) is 9.12. The fourth-order valence-electron chi connectivity index (χ4n) is 2.92. The Labute approximate surface area is 215 Å². The Morgan fingerprint density at radius 1 is 0.971 bits per heavy atom. The van der Waals surface area contributed by atoms with Crippen LogP contribution in [0.25, 0.3) is 17.0 Å². The summed E-state index contributed by atoms with van der Waals surface area (Å²) in [6.07, 6.45) is 0. The van der Waals surface area contributed by atoms with E-state index in [1.165, 1.54) is 0 Å². The van der Waals surface area contributed by atoms with Crippen molar-refractivity contribution in [3.63, 3.8) is 0 Å². The van der Waals surface area contributed by atoms with E-state index in [0.717, 1.165) is 42.5 Å². The van der Waals surface area contributed by atoms with Gasteiger partial charge in [-0.3, -0.25) is 14.9 Å². The second-order valence-corrected chi connectivity index (χ2v) is 6.49. The number of rotatable bonds is 5. The Bertz CT molecular complexity index is 1250. The molecule has 4 amide bonds. The van der Waals surface area contributed by atoms with E-state index >= 15 is 0 Å². The Morgan fingerprint density at radius 3 is 2.18 bits per heavy atom. The molecule has 1 radical (unpaired) electrons. The van der Waals surface area contributed by atoms with E-state index in [1.54, 1.807) is 0 Å². The van der Waals surface area contributed by atoms with Gasteiger partial charge in [-0.1, -0.05) is 12.6 Å². The molecule has 13 heteroatoms. The van der Waals surface area contributed by atoms with Crippen molar-refractivity contribution in [3.8, 4) is 11.3 Å². The standard InChI is InChI=1S/C21H14F4N5O3.Y/c22-10-4-5-11(15(25)8-10)18-12(20(32)29-17(31)9-26)6-7-16(28-18)30(21(27)33)19-13(23)2-1-3-14(19)24;/h1-8,26H,9H2,(H2,27,33)(H,29,31,32);/q-1;. The number of halogens is 4. The monoisotopic (exact) mass is 549 g/mol. The number of imide groups is 1. The zero-order valence-corrected chi connectivity index (χ0v) is 19.9. The largest absolute Gasteiger partial charge is 0.670 e. The van der Waals surface area contributed by atoms with Gasteiger partial charge in [0.1, 0.15) is 34.8 Å². The molecule has 173 valence electrons. The quantitative estimate of drug-likeness (QED) is 0.469. The number of carbonyl (C=O) groups excluding carboxylic acids is 3. The normalized spacial score (nSPS) is 10.3. The van der Waals surface area contributed by atoms with Gasteiger partial charge in [-0.05, 0) is 36.4 Å². The molecule has 0 atom stereocenters. The van der Waals surface area contributed by atoms with E-state index in [4.69, 9.17) is 11.5 Å². The second kappa shape index (κ2) is 11.3. The van der Waals surface area contributed by atoms with Crippen LogP contribution in [-0.2, 0) is 37.5 Å². The van der Waals surface area contributed by atoms with Crippen LogP contribution in [0.4, 0.5) is 33.9 Å². The number of primary amides is 1. The third-order valence-corrected chi connectivity index (χ3v) is 4.34. The maximum atomic E-state index is 14.5. The fourth-order valence-corrected chi connectivity index (χ4v) is 2.92. The van der Waals surface area contributed by atoms with Gasteiger partial charge in [0.25, 0.3) is 5.91 Å². The number of carbonyl (C=O) groups is 3. The van der Waals surface area contributed by atoms with Crippen LogP contribution < -0.4 is 16.0 Å². The molecule has 0 aliphatic carbocycles. The van der Waals surface area contributed by atoms with Crippen molar-refractivity contribution in [3.05, 3.63) is 83.1 Å². The van der Waals surface area contributed by atoms with Gasteiger partial charge in [-0.25, -0.2) is 32.2 Å². The molecule has 0 saturated heterocycles. The van der Waals surface area contributed by atoms with E-state index in [1.807, 2.05) is 5.32 Å². The van der Waals surface area contributed by atoms with Gasteiger partial charge in [0.2, 0.25) is 5.91 Å². The molecule has 3 rings (SSSR count). The molecule has 2 aromatic carbocycles. The van der Waals surface area contributed by atoms with E-state index in [-0.39, 0.29) is 32.7 Å². The number of amides is 4. The van der Waals surface area contributed by atoms with Crippen LogP contribution >= 0.6 is 0 Å². The van der Waals surface area contributed by atoms with Crippen LogP contribution in [0.1, 0.15) is 10.4 Å². The summed E-state index contributed by atoms with van der Waals surface area (Å²) in [5.41, 5.74) is 10.1. The number of hydrogen-bond acceptors (Lipinski definition) is 4. The molecule has 0 saturated carbocycles. The fraction of sp³-hybridized carbons (Fsp3) is 0.0476. The molecular weight excluding hydrogens is 535 g/mol. The van der Waals surface area contributed by atoms with Gasteiger partial charge in [-0.15, -0.1) is 0 Å². The molecule has 4 N–H and O–H groups in total. The van der Waals surface area contributed by atoms with Gasteiger partial charge < -0.3 is 11.5 Å². The number of pyridine rings is 1. The van der Waals surface area contributed by atoms with Gasteiger partial charge in [0.15, 0.2) is 0 Å². The van der Waals surface area contributed by atoms with Crippen molar-refractivity contribution >= 4 is 29.4 Å². The average Bonchev–Trinajstić information content (AvgIpc) is 2.75. The first kappa shape index (κ1) is 27.0. The SMILES string of the molecule is [NH-]CC(=O)NC(=O)c1ccc(N(C(N)=O)c2c(F)cccc2F)nc1-c1ccc(F)cc1F.[Y]. The van der Waals surface area contributed by atoms with Gasteiger partial charge in [0, 0.05) is 44.3 Å². The number of para-hydroxylation sites is 1. The number of nitrogens with zero attached hydrogens (tertiary/aromatic N) is 2. The molecule has 8 nitrogen and oxygen atoms in total. The van der Waals surface area contributed by atoms with Gasteiger partial charge in [0.05, 0.1) is 11.3 Å². The summed E-state index contributed by atoms with van der Waals surface area (Å²) < 4.78 is 56.6. The maximum Gasteiger partial charge on any atom is 0.325 e. The maximum absolute atomic E-state index is 14.5. The molecule has 1 aromatic heterocycles. The summed E-state index contributed by atoms with van der Waals surface area (Å²) >= 11 is 0. The third kappa shape index (κ3) is 5.64. The molecule has 0 bridgehead atoms. The number of nitrogens with one attached hydrogen (secondary N) is 2. The number of benzene rings is 2. The molecule has 0 unspecified atom stereocenters. The summed E-state index contributed by atoms with van der Waals surface area (Å²) in [6, 6.07) is 5.73. The van der Waals surface area contributed by atoms with E-state index in [9.17, 15) is 31.9 Å². The molecular formula is C21H14F4N5O3Y-. The molecule has 1 heterocycles. The summed E-state index contributed by atoms with van der Waals surface area (Å²) in [6.45, 7) is -0.778. The summed E-state index contributed by atoms with van der Waals surface area (Å²) in [5, 5.41) is 1.88. The summed E-state index contributed by atoms with van der Waals surface area (Å²) in [7, 11) is 0. The number of anilines is 2. The smallest absolute Gasteiger partial charge is 0.325 e. The van der Waals surface area contributed by atoms with Crippen molar-refractivity contribution < 1.29 is 64.7 Å². The van der Waals surface area contributed by atoms with E-state index in [0.29, 0.717) is 11.0 Å². The zero-order chi connectivity index (χ0) is 24.3. The van der Waals surface area contributed by atoms with Crippen LogP contribution in [0.2, 0.25) is 0 Å². The number of nitrogens with two attached hydrogens (primary N) is 1. The predicted octanol–water partition coefficient (Wildman–Crippen LogP) is 3.83. The van der Waals surface area contributed by atoms with Crippen LogP contribution in [-0.4, -0.2) is 29.4 Å². The average molecular weight is 549 g/mol. The molecule has 0 aliphatic rings. The summed E-state index contributed by atoms with van der Waals surface area (Å²) in [5.74, 6) is -6.94. The van der Waals surface area contributed by atoms with Gasteiger partial charge in [-0.2, -0.15) is 0 Å². The van der Waals surface area contributed by atoms with Gasteiger partial charge >= 0.3 is 6.03 Å². The van der Waals surface area contributed by atoms with Crippen LogP contribution in [0.3, 0.4) is 0 Å². The molecule has 0 aliphatic heterocycles. The second-order valence-electron chi connectivity index (χ2n) is 6.49. The number of hydrogen-bond donors (Lipinski definition) is 2. The topological polar surface area (TPSA) is 129 Å². The molecule has 3 aromatic rings. The molecule has 0 fully saturated rings. The first-order chi connectivity index (χ1) is 15.6. The minimum Gasteiger partial charge on any atom is -0.670 e. The van der Waals surface area contributed by atoms with Crippen molar-refractivity contribution in [1.82, 2.24) is 10.3 Å². The van der Waals surface area contributed by atoms with Crippen molar-refractivity contribution in [2.45, 2.75) is 0 Å². The van der Waals surface area contributed by atoms with Crippen LogP contribution in [0, 0.1) is 23.3 Å². The van der Waals surface area contributed by atoms with E-state index in [2.05, 4.69) is 4.98 Å². The number of aromatic nitrogens is 1. The van der Waals surface area contributed by atoms with Crippen molar-refractivity contribution in [2.24, 2.45) is 5.73 Å². The van der Waals surface area contributed by atoms with Crippen molar-refractivity contribution in [2.75, 3.05) is 11.4 Å². The predicted molar refractivity (Wildman–Crippen MR) is 109 cm³/mol. The van der Waals surface area contributed by atoms with Crippen LogP contribution in [0.5, 0.6) is 0 Å². The van der Waals surface area contributed by atoms with Crippen LogP contribution in [0.15, 0.2) is 48.5 Å². The Morgan fingerprint density at radius 2 is 1.62 bits per heavy atom. The Kier molecular flexibility index (Phi) is 8.96.